The molecule has 0 N–H and O–H groups in total. The summed E-state index contributed by atoms with van der Waals surface area (Å²) in [5.41, 5.74) is 3.22. The summed E-state index contributed by atoms with van der Waals surface area (Å²) in [6.07, 6.45) is 0. The lowest BCUT2D eigenvalue weighted by Crippen LogP contribution is -2.49. The van der Waals surface area contributed by atoms with E-state index < -0.39 is 10.0 Å². The van der Waals surface area contributed by atoms with Crippen molar-refractivity contribution in [3.8, 4) is 0 Å². The molecule has 0 radical (unpaired) electrons. The number of hydrogen-bond donors (Lipinski definition) is 0. The Labute approximate surface area is 191 Å². The summed E-state index contributed by atoms with van der Waals surface area (Å²) in [5, 5.41) is 3.81. The average Bonchev–Trinajstić information content (AvgIpc) is 3.38. The van der Waals surface area contributed by atoms with Gasteiger partial charge in [-0.05, 0) is 36.8 Å². The van der Waals surface area contributed by atoms with Crippen LogP contribution in [0.25, 0.3) is 11.0 Å². The summed E-state index contributed by atoms with van der Waals surface area (Å²) < 4.78 is 47.7. The smallest absolute Gasteiger partial charge is 0.220 e. The Morgan fingerprint density at radius 3 is 2.45 bits per heavy atom. The van der Waals surface area contributed by atoms with Crippen LogP contribution >= 0.6 is 0 Å². The van der Waals surface area contributed by atoms with Gasteiger partial charge in [0, 0.05) is 32.2 Å². The Kier molecular flexibility index (Phi) is 5.63. The second-order valence-corrected chi connectivity index (χ2v) is 10.2. The Bertz CT molecular complexity index is 1370. The first-order valence-corrected chi connectivity index (χ1v) is 12.3. The van der Waals surface area contributed by atoms with Crippen molar-refractivity contribution in [3.63, 3.8) is 0 Å². The SMILES string of the molecule is Cc1cc(CS(=O)(=O)N2CCN(c3nc4ccccc4n3Cc3ccc(F)cc3)CC2)no1. The molecule has 4 aromatic rings. The number of aryl methyl sites for hydroxylation is 1. The maximum atomic E-state index is 13.4. The molecule has 2 aromatic carbocycles. The zero-order chi connectivity index (χ0) is 23.0. The fraction of sp³-hybridized carbons (Fsp3) is 0.304. The van der Waals surface area contributed by atoms with Crippen LogP contribution < -0.4 is 4.90 Å². The van der Waals surface area contributed by atoms with Gasteiger partial charge in [-0.3, -0.25) is 0 Å². The molecule has 1 fully saturated rings. The molecule has 0 spiro atoms. The molecule has 0 saturated carbocycles. The van der Waals surface area contributed by atoms with E-state index in [1.54, 1.807) is 25.1 Å². The fourth-order valence-corrected chi connectivity index (χ4v) is 5.57. The predicted molar refractivity (Wildman–Crippen MR) is 123 cm³/mol. The van der Waals surface area contributed by atoms with Gasteiger partial charge in [0.05, 0.1) is 17.6 Å². The van der Waals surface area contributed by atoms with Crippen molar-refractivity contribution in [2.75, 3.05) is 31.1 Å². The molecule has 8 nitrogen and oxygen atoms in total. The first-order chi connectivity index (χ1) is 15.9. The summed E-state index contributed by atoms with van der Waals surface area (Å²) >= 11 is 0. The van der Waals surface area contributed by atoms with E-state index in [-0.39, 0.29) is 11.6 Å². The number of imidazole rings is 1. The molecular weight excluding hydrogens is 445 g/mol. The highest BCUT2D eigenvalue weighted by Gasteiger charge is 2.30. The summed E-state index contributed by atoms with van der Waals surface area (Å²) in [7, 11) is -3.49. The van der Waals surface area contributed by atoms with E-state index in [0.717, 1.165) is 22.5 Å². The number of hydrogen-bond acceptors (Lipinski definition) is 6. The van der Waals surface area contributed by atoms with E-state index in [2.05, 4.69) is 14.6 Å². The zero-order valence-electron chi connectivity index (χ0n) is 18.2. The summed E-state index contributed by atoms with van der Waals surface area (Å²) in [6.45, 7) is 4.03. The molecular formula is C23H24FN5O3S. The van der Waals surface area contributed by atoms with E-state index in [0.29, 0.717) is 44.2 Å². The Morgan fingerprint density at radius 2 is 1.76 bits per heavy atom. The maximum Gasteiger partial charge on any atom is 0.220 e. The van der Waals surface area contributed by atoms with Crippen LogP contribution in [0.4, 0.5) is 10.3 Å². The van der Waals surface area contributed by atoms with Crippen molar-refractivity contribution in [1.29, 1.82) is 0 Å². The molecule has 172 valence electrons. The third-order valence-electron chi connectivity index (χ3n) is 5.81. The van der Waals surface area contributed by atoms with Gasteiger partial charge in [0.1, 0.15) is 23.0 Å². The van der Waals surface area contributed by atoms with Gasteiger partial charge in [0.25, 0.3) is 0 Å². The van der Waals surface area contributed by atoms with Gasteiger partial charge in [0.15, 0.2) is 0 Å². The van der Waals surface area contributed by atoms with Crippen LogP contribution in [0, 0.1) is 12.7 Å². The minimum absolute atomic E-state index is 0.173. The summed E-state index contributed by atoms with van der Waals surface area (Å²) in [4.78, 5) is 6.94. The number of benzene rings is 2. The van der Waals surface area contributed by atoms with Gasteiger partial charge in [-0.2, -0.15) is 4.31 Å². The first-order valence-electron chi connectivity index (χ1n) is 10.7. The second kappa shape index (κ2) is 8.60. The molecule has 0 bridgehead atoms. The van der Waals surface area contributed by atoms with E-state index in [9.17, 15) is 12.8 Å². The molecule has 2 aromatic heterocycles. The van der Waals surface area contributed by atoms with Crippen molar-refractivity contribution in [2.24, 2.45) is 0 Å². The summed E-state index contributed by atoms with van der Waals surface area (Å²) in [5.74, 6) is 0.926. The molecule has 0 unspecified atom stereocenters. The normalized spacial score (nSPS) is 15.4. The number of para-hydroxylation sites is 2. The minimum Gasteiger partial charge on any atom is -0.361 e. The lowest BCUT2D eigenvalue weighted by atomic mass is 10.2. The van der Waals surface area contributed by atoms with Crippen LogP contribution in [0.15, 0.2) is 59.1 Å². The molecule has 0 amide bonds. The molecule has 5 rings (SSSR count). The van der Waals surface area contributed by atoms with E-state index in [1.807, 2.05) is 24.3 Å². The van der Waals surface area contributed by atoms with Gasteiger partial charge in [0.2, 0.25) is 16.0 Å². The lowest BCUT2D eigenvalue weighted by Gasteiger charge is -2.34. The third-order valence-corrected chi connectivity index (χ3v) is 7.62. The number of sulfonamides is 1. The van der Waals surface area contributed by atoms with Crippen LogP contribution in [0.1, 0.15) is 17.0 Å². The Morgan fingerprint density at radius 1 is 1.03 bits per heavy atom. The number of anilines is 1. The highest BCUT2D eigenvalue weighted by atomic mass is 32.2. The predicted octanol–water partition coefficient (Wildman–Crippen LogP) is 3.17. The van der Waals surface area contributed by atoms with Crippen LogP contribution in [0.5, 0.6) is 0 Å². The van der Waals surface area contributed by atoms with Crippen LogP contribution in [-0.4, -0.2) is 53.6 Å². The Hall–Kier alpha value is -3.24. The highest BCUT2D eigenvalue weighted by molar-refractivity contribution is 7.88. The monoisotopic (exact) mass is 469 g/mol. The number of nitrogens with zero attached hydrogens (tertiary/aromatic N) is 5. The molecule has 3 heterocycles. The third kappa shape index (κ3) is 4.49. The molecule has 0 atom stereocenters. The Balaban J connectivity index is 1.36. The van der Waals surface area contributed by atoms with Crippen LogP contribution in [0.3, 0.4) is 0 Å². The fourth-order valence-electron chi connectivity index (χ4n) is 4.16. The lowest BCUT2D eigenvalue weighted by molar-refractivity contribution is 0.376. The van der Waals surface area contributed by atoms with Crippen molar-refractivity contribution in [1.82, 2.24) is 19.0 Å². The first kappa shape index (κ1) is 21.6. The molecule has 1 aliphatic heterocycles. The molecule has 1 aliphatic rings. The van der Waals surface area contributed by atoms with Gasteiger partial charge >= 0.3 is 0 Å². The molecule has 10 heteroatoms. The van der Waals surface area contributed by atoms with Crippen molar-refractivity contribution >= 4 is 27.0 Å². The minimum atomic E-state index is -3.49. The van der Waals surface area contributed by atoms with Gasteiger partial charge < -0.3 is 14.0 Å². The van der Waals surface area contributed by atoms with Gasteiger partial charge in [-0.25, -0.2) is 17.8 Å². The van der Waals surface area contributed by atoms with Crippen molar-refractivity contribution < 1.29 is 17.3 Å². The zero-order valence-corrected chi connectivity index (χ0v) is 19.0. The van der Waals surface area contributed by atoms with Crippen LogP contribution in [-0.2, 0) is 22.3 Å². The number of rotatable bonds is 6. The van der Waals surface area contributed by atoms with Gasteiger partial charge in [-0.1, -0.05) is 29.4 Å². The van der Waals surface area contributed by atoms with E-state index >= 15 is 0 Å². The number of piperazine rings is 1. The van der Waals surface area contributed by atoms with E-state index in [1.165, 1.54) is 16.4 Å². The molecule has 33 heavy (non-hydrogen) atoms. The number of halogens is 1. The largest absolute Gasteiger partial charge is 0.361 e. The van der Waals surface area contributed by atoms with Crippen molar-refractivity contribution in [3.05, 3.63) is 77.4 Å². The van der Waals surface area contributed by atoms with Crippen LogP contribution in [0.2, 0.25) is 0 Å². The van der Waals surface area contributed by atoms with Crippen molar-refractivity contribution in [2.45, 2.75) is 19.2 Å². The molecule has 1 saturated heterocycles. The standard InChI is InChI=1S/C23H24FN5O3S/c1-17-14-20(26-32-17)16-33(30,31)28-12-10-27(11-13-28)23-25-21-4-2-3-5-22(21)29(23)15-18-6-8-19(24)9-7-18/h2-9,14H,10-13,15-16H2,1H3. The maximum absolute atomic E-state index is 13.4. The van der Waals surface area contributed by atoms with E-state index in [4.69, 9.17) is 9.51 Å². The summed E-state index contributed by atoms with van der Waals surface area (Å²) in [6, 6.07) is 16.0. The second-order valence-electron chi connectivity index (χ2n) is 8.18. The topological polar surface area (TPSA) is 84.5 Å². The highest BCUT2D eigenvalue weighted by Crippen LogP contribution is 2.26. The quantitative estimate of drug-likeness (QED) is 0.431. The average molecular weight is 470 g/mol. The van der Waals surface area contributed by atoms with Gasteiger partial charge in [-0.15, -0.1) is 0 Å². The number of fused-ring (bicyclic) bond motifs is 1. The molecule has 0 aliphatic carbocycles. The number of aromatic nitrogens is 3.